The highest BCUT2D eigenvalue weighted by molar-refractivity contribution is 7.93. The van der Waals surface area contributed by atoms with Crippen molar-refractivity contribution in [1.29, 1.82) is 0 Å². The highest BCUT2D eigenvalue weighted by Gasteiger charge is 2.18. The Hall–Kier alpha value is -0.0900. The smallest absolute Gasteiger partial charge is 0.0618 e. The molecule has 0 unspecified atom stereocenters. The van der Waals surface area contributed by atoms with Crippen molar-refractivity contribution in [3.8, 4) is 0 Å². The summed E-state index contributed by atoms with van der Waals surface area (Å²) in [5, 5.41) is 0. The van der Waals surface area contributed by atoms with Gasteiger partial charge in [0.2, 0.25) is 0 Å². The molecule has 1 aliphatic heterocycles. The van der Waals surface area contributed by atoms with Crippen LogP contribution >= 0.6 is 0 Å². The SMILES string of the molecule is CCN1CCC(N=S(=O)(CC)CC)CC1. The van der Waals surface area contributed by atoms with Gasteiger partial charge in [-0.3, -0.25) is 0 Å². The molecule has 1 aliphatic rings. The van der Waals surface area contributed by atoms with Gasteiger partial charge in [-0.25, -0.2) is 8.57 Å². The van der Waals surface area contributed by atoms with Gasteiger partial charge in [-0.1, -0.05) is 20.8 Å². The van der Waals surface area contributed by atoms with Crippen LogP contribution < -0.4 is 0 Å². The normalized spacial score (nSPS) is 20.5. The first-order valence-corrected chi connectivity index (χ1v) is 7.92. The molecule has 0 amide bonds. The zero-order valence-corrected chi connectivity index (χ0v) is 11.1. The predicted molar refractivity (Wildman–Crippen MR) is 66.8 cm³/mol. The molecular weight excluding hydrogens is 208 g/mol. The maximum absolute atomic E-state index is 12.2. The van der Waals surface area contributed by atoms with Crippen molar-refractivity contribution < 1.29 is 4.21 Å². The highest BCUT2D eigenvalue weighted by atomic mass is 32.2. The molecule has 1 fully saturated rings. The fraction of sp³-hybridized carbons (Fsp3) is 1.00. The van der Waals surface area contributed by atoms with E-state index >= 15 is 0 Å². The fourth-order valence-electron chi connectivity index (χ4n) is 1.97. The van der Waals surface area contributed by atoms with Gasteiger partial charge < -0.3 is 4.90 Å². The number of rotatable bonds is 4. The summed E-state index contributed by atoms with van der Waals surface area (Å²) in [6, 6.07) is 0.347. The minimum atomic E-state index is -1.88. The summed E-state index contributed by atoms with van der Waals surface area (Å²) in [5.41, 5.74) is 0. The van der Waals surface area contributed by atoms with Crippen molar-refractivity contribution in [1.82, 2.24) is 4.90 Å². The maximum Gasteiger partial charge on any atom is 0.0618 e. The van der Waals surface area contributed by atoms with Crippen LogP contribution in [0.2, 0.25) is 0 Å². The Morgan fingerprint density at radius 2 is 1.73 bits per heavy atom. The lowest BCUT2D eigenvalue weighted by molar-refractivity contribution is 0.224. The van der Waals surface area contributed by atoms with Crippen LogP contribution in [-0.4, -0.2) is 46.3 Å². The van der Waals surface area contributed by atoms with Crippen LogP contribution in [0.4, 0.5) is 0 Å². The molecule has 0 spiro atoms. The third kappa shape index (κ3) is 3.76. The molecule has 0 atom stereocenters. The Bertz CT molecular complexity index is 277. The molecule has 0 bridgehead atoms. The summed E-state index contributed by atoms with van der Waals surface area (Å²) < 4.78 is 16.7. The first kappa shape index (κ1) is 13.0. The molecule has 1 rings (SSSR count). The van der Waals surface area contributed by atoms with Crippen LogP contribution in [0.15, 0.2) is 4.36 Å². The van der Waals surface area contributed by atoms with E-state index in [0.29, 0.717) is 17.5 Å². The van der Waals surface area contributed by atoms with E-state index in [9.17, 15) is 4.21 Å². The summed E-state index contributed by atoms with van der Waals surface area (Å²) in [6.45, 7) is 9.52. The van der Waals surface area contributed by atoms with Crippen LogP contribution in [0.3, 0.4) is 0 Å². The summed E-state index contributed by atoms with van der Waals surface area (Å²) in [5.74, 6) is 1.41. The first-order valence-electron chi connectivity index (χ1n) is 6.07. The zero-order chi connectivity index (χ0) is 11.3. The van der Waals surface area contributed by atoms with E-state index in [2.05, 4.69) is 16.2 Å². The lowest BCUT2D eigenvalue weighted by atomic mass is 10.1. The van der Waals surface area contributed by atoms with Crippen LogP contribution in [0, 0.1) is 0 Å². The molecule has 0 saturated carbocycles. The monoisotopic (exact) mass is 232 g/mol. The van der Waals surface area contributed by atoms with E-state index in [-0.39, 0.29) is 0 Å². The molecule has 0 aromatic rings. The van der Waals surface area contributed by atoms with E-state index in [1.54, 1.807) is 0 Å². The largest absolute Gasteiger partial charge is 0.303 e. The number of hydrogen-bond donors (Lipinski definition) is 0. The third-order valence-corrected chi connectivity index (χ3v) is 5.73. The highest BCUT2D eigenvalue weighted by Crippen LogP contribution is 2.15. The van der Waals surface area contributed by atoms with Gasteiger partial charge >= 0.3 is 0 Å². The van der Waals surface area contributed by atoms with Crippen molar-refractivity contribution in [2.75, 3.05) is 31.1 Å². The van der Waals surface area contributed by atoms with Gasteiger partial charge in [0.25, 0.3) is 0 Å². The molecular formula is C11H24N2OS. The van der Waals surface area contributed by atoms with Crippen LogP contribution in [0.5, 0.6) is 0 Å². The Morgan fingerprint density at radius 1 is 1.20 bits per heavy atom. The molecule has 15 heavy (non-hydrogen) atoms. The fourth-order valence-corrected chi connectivity index (χ4v) is 3.43. The molecule has 4 heteroatoms. The van der Waals surface area contributed by atoms with E-state index in [1.165, 1.54) is 0 Å². The van der Waals surface area contributed by atoms with E-state index < -0.39 is 9.73 Å². The zero-order valence-electron chi connectivity index (χ0n) is 10.2. The molecule has 0 aromatic carbocycles. The number of piperidine rings is 1. The molecule has 0 N–H and O–H groups in total. The minimum absolute atomic E-state index is 0.347. The Morgan fingerprint density at radius 3 is 2.13 bits per heavy atom. The third-order valence-electron chi connectivity index (χ3n) is 3.25. The van der Waals surface area contributed by atoms with Crippen LogP contribution in [0.1, 0.15) is 33.6 Å². The molecule has 1 heterocycles. The Labute approximate surface area is 94.4 Å². The van der Waals surface area contributed by atoms with Crippen molar-refractivity contribution >= 4 is 9.73 Å². The number of hydrogen-bond acceptors (Lipinski definition) is 3. The number of likely N-dealkylation sites (tertiary alicyclic amines) is 1. The second kappa shape index (κ2) is 5.85. The van der Waals surface area contributed by atoms with Gasteiger partial charge in [-0.2, -0.15) is 0 Å². The average Bonchev–Trinajstić information content (AvgIpc) is 2.30. The van der Waals surface area contributed by atoms with Gasteiger partial charge in [0.15, 0.2) is 0 Å². The second-order valence-electron chi connectivity index (χ2n) is 4.12. The summed E-state index contributed by atoms with van der Waals surface area (Å²) in [7, 11) is -1.88. The minimum Gasteiger partial charge on any atom is -0.303 e. The second-order valence-corrected chi connectivity index (χ2v) is 7.03. The molecule has 1 saturated heterocycles. The topological polar surface area (TPSA) is 32.7 Å². The lowest BCUT2D eigenvalue weighted by Gasteiger charge is -2.29. The van der Waals surface area contributed by atoms with E-state index in [4.69, 9.17) is 0 Å². The van der Waals surface area contributed by atoms with Gasteiger partial charge in [-0.05, 0) is 19.4 Å². The Balaban J connectivity index is 2.57. The molecule has 0 radical (unpaired) electrons. The molecule has 0 aromatic heterocycles. The van der Waals surface area contributed by atoms with Crippen molar-refractivity contribution in [2.24, 2.45) is 4.36 Å². The molecule has 3 nitrogen and oxygen atoms in total. The van der Waals surface area contributed by atoms with E-state index in [0.717, 1.165) is 32.5 Å². The van der Waals surface area contributed by atoms with Gasteiger partial charge in [0.1, 0.15) is 0 Å². The van der Waals surface area contributed by atoms with Gasteiger partial charge in [-0.15, -0.1) is 0 Å². The number of nitrogens with zero attached hydrogens (tertiary/aromatic N) is 2. The predicted octanol–water partition coefficient (Wildman–Crippen LogP) is 1.98. The standard InChI is InChI=1S/C11H24N2OS/c1-4-13-9-7-11(8-10-13)12-15(14,5-2)6-3/h11H,4-10H2,1-3H3. The maximum atomic E-state index is 12.2. The van der Waals surface area contributed by atoms with Gasteiger partial charge in [0.05, 0.1) is 6.04 Å². The van der Waals surface area contributed by atoms with Gasteiger partial charge in [0, 0.05) is 34.3 Å². The summed E-state index contributed by atoms with van der Waals surface area (Å²) in [6.07, 6.45) is 2.18. The summed E-state index contributed by atoms with van der Waals surface area (Å²) >= 11 is 0. The quantitative estimate of drug-likeness (QED) is 0.742. The molecule has 0 aliphatic carbocycles. The lowest BCUT2D eigenvalue weighted by Crippen LogP contribution is -2.35. The summed E-state index contributed by atoms with van der Waals surface area (Å²) in [4.78, 5) is 2.44. The molecule has 90 valence electrons. The first-order chi connectivity index (χ1) is 7.13. The average molecular weight is 232 g/mol. The van der Waals surface area contributed by atoms with Crippen LogP contribution in [-0.2, 0) is 9.73 Å². The Kier molecular flexibility index (Phi) is 5.06. The van der Waals surface area contributed by atoms with Crippen molar-refractivity contribution in [2.45, 2.75) is 39.7 Å². The van der Waals surface area contributed by atoms with E-state index in [1.807, 2.05) is 13.8 Å². The van der Waals surface area contributed by atoms with Crippen molar-refractivity contribution in [3.63, 3.8) is 0 Å². The van der Waals surface area contributed by atoms with Crippen LogP contribution in [0.25, 0.3) is 0 Å². The van der Waals surface area contributed by atoms with Crippen molar-refractivity contribution in [3.05, 3.63) is 0 Å².